The fourth-order valence-electron chi connectivity index (χ4n) is 1.88. The number of hydrogen-bond acceptors (Lipinski definition) is 6. The minimum Gasteiger partial charge on any atom is -0.485 e. The van der Waals surface area contributed by atoms with Crippen LogP contribution in [0.25, 0.3) is 0 Å². The van der Waals surface area contributed by atoms with Crippen LogP contribution in [0.2, 0.25) is 0 Å². The van der Waals surface area contributed by atoms with E-state index in [-0.39, 0.29) is 6.61 Å². The molecular weight excluding hydrogens is 272 g/mol. The summed E-state index contributed by atoms with van der Waals surface area (Å²) in [5.41, 5.74) is 6.56. The fourth-order valence-corrected chi connectivity index (χ4v) is 1.88. The maximum absolute atomic E-state index is 11.7. The molecule has 7 nitrogen and oxygen atoms in total. The van der Waals surface area contributed by atoms with E-state index in [0.29, 0.717) is 22.8 Å². The second kappa shape index (κ2) is 6.74. The molecule has 0 unspecified atom stereocenters. The molecule has 0 saturated heterocycles. The molecule has 0 saturated carbocycles. The molecule has 2 aromatic rings. The summed E-state index contributed by atoms with van der Waals surface area (Å²) >= 11 is 0. The fraction of sp³-hybridized carbons (Fsp3) is 0.357. The average molecular weight is 290 g/mol. The van der Waals surface area contributed by atoms with Gasteiger partial charge in [-0.1, -0.05) is 6.92 Å². The topological polar surface area (TPSA) is 92.3 Å². The van der Waals surface area contributed by atoms with Crippen molar-refractivity contribution in [3.63, 3.8) is 0 Å². The Labute approximate surface area is 122 Å². The minimum atomic E-state index is -0.472. The summed E-state index contributed by atoms with van der Waals surface area (Å²) in [6, 6.07) is 4.79. The Balaban J connectivity index is 2.17. The van der Waals surface area contributed by atoms with Gasteiger partial charge in [-0.15, -0.1) is 0 Å². The largest absolute Gasteiger partial charge is 0.485 e. The van der Waals surface area contributed by atoms with Gasteiger partial charge in [-0.05, 0) is 18.6 Å². The summed E-state index contributed by atoms with van der Waals surface area (Å²) in [6.07, 6.45) is 2.43. The van der Waals surface area contributed by atoms with E-state index < -0.39 is 5.97 Å². The summed E-state index contributed by atoms with van der Waals surface area (Å²) in [7, 11) is 1.32. The zero-order valence-corrected chi connectivity index (χ0v) is 12.1. The van der Waals surface area contributed by atoms with Crippen LogP contribution in [0.15, 0.2) is 24.5 Å². The van der Waals surface area contributed by atoms with E-state index in [1.54, 1.807) is 22.9 Å². The van der Waals surface area contributed by atoms with Crippen LogP contribution in [-0.2, 0) is 17.9 Å². The Morgan fingerprint density at radius 2 is 2.24 bits per heavy atom. The maximum atomic E-state index is 11.7. The Bertz CT molecular complexity index is 624. The Morgan fingerprint density at radius 1 is 1.43 bits per heavy atom. The molecule has 21 heavy (non-hydrogen) atoms. The van der Waals surface area contributed by atoms with Crippen LogP contribution in [0.5, 0.6) is 5.75 Å². The van der Waals surface area contributed by atoms with Gasteiger partial charge in [0.1, 0.15) is 24.2 Å². The third kappa shape index (κ3) is 3.50. The molecular formula is C14H18N4O3. The number of ether oxygens (including phenoxy) is 2. The van der Waals surface area contributed by atoms with Gasteiger partial charge in [0.15, 0.2) is 5.82 Å². The number of anilines is 1. The molecule has 2 rings (SSSR count). The predicted octanol–water partition coefficient (Wildman–Crippen LogP) is 1.64. The van der Waals surface area contributed by atoms with E-state index in [4.69, 9.17) is 15.2 Å². The number of rotatable bonds is 6. The highest BCUT2D eigenvalue weighted by Crippen LogP contribution is 2.23. The first-order valence-corrected chi connectivity index (χ1v) is 6.63. The molecule has 0 bridgehead atoms. The number of hydrogen-bond donors (Lipinski definition) is 1. The molecule has 0 aliphatic heterocycles. The molecule has 7 heteroatoms. The normalized spacial score (nSPS) is 10.4. The quantitative estimate of drug-likeness (QED) is 0.642. The first-order chi connectivity index (χ1) is 10.2. The zero-order valence-electron chi connectivity index (χ0n) is 12.1. The Kier molecular flexibility index (Phi) is 4.76. The second-order valence-corrected chi connectivity index (χ2v) is 4.44. The minimum absolute atomic E-state index is 0.202. The van der Waals surface area contributed by atoms with Crippen molar-refractivity contribution in [2.45, 2.75) is 26.5 Å². The van der Waals surface area contributed by atoms with E-state index in [2.05, 4.69) is 17.0 Å². The van der Waals surface area contributed by atoms with Crippen LogP contribution in [0.3, 0.4) is 0 Å². The SMILES string of the molecule is CCCn1ncnc1COc1cc(N)ccc1C(=O)OC. The number of benzene rings is 1. The van der Waals surface area contributed by atoms with Crippen LogP contribution in [0.1, 0.15) is 29.5 Å². The number of carbonyl (C=O) groups is 1. The van der Waals surface area contributed by atoms with E-state index >= 15 is 0 Å². The van der Waals surface area contributed by atoms with E-state index in [1.807, 2.05) is 0 Å². The van der Waals surface area contributed by atoms with E-state index in [0.717, 1.165) is 13.0 Å². The molecule has 0 fully saturated rings. The van der Waals surface area contributed by atoms with Gasteiger partial charge in [-0.2, -0.15) is 5.10 Å². The lowest BCUT2D eigenvalue weighted by atomic mass is 10.2. The molecule has 0 atom stereocenters. The molecule has 1 heterocycles. The van der Waals surface area contributed by atoms with Gasteiger partial charge in [-0.3, -0.25) is 0 Å². The van der Waals surface area contributed by atoms with Crippen molar-refractivity contribution in [2.75, 3.05) is 12.8 Å². The van der Waals surface area contributed by atoms with Gasteiger partial charge in [-0.25, -0.2) is 14.5 Å². The maximum Gasteiger partial charge on any atom is 0.341 e. The number of nitrogens with zero attached hydrogens (tertiary/aromatic N) is 3. The van der Waals surface area contributed by atoms with Gasteiger partial charge in [0.05, 0.1) is 7.11 Å². The van der Waals surface area contributed by atoms with Crippen molar-refractivity contribution in [2.24, 2.45) is 0 Å². The van der Waals surface area contributed by atoms with E-state index in [9.17, 15) is 4.79 Å². The highest BCUT2D eigenvalue weighted by Gasteiger charge is 2.14. The number of aromatic nitrogens is 3. The van der Waals surface area contributed by atoms with Crippen LogP contribution >= 0.6 is 0 Å². The van der Waals surface area contributed by atoms with Crippen molar-refractivity contribution < 1.29 is 14.3 Å². The number of aryl methyl sites for hydroxylation is 1. The number of methoxy groups -OCH3 is 1. The molecule has 112 valence electrons. The first-order valence-electron chi connectivity index (χ1n) is 6.63. The van der Waals surface area contributed by atoms with Crippen molar-refractivity contribution in [3.8, 4) is 5.75 Å². The predicted molar refractivity (Wildman–Crippen MR) is 76.8 cm³/mol. The molecule has 1 aromatic heterocycles. The van der Waals surface area contributed by atoms with Crippen molar-refractivity contribution in [3.05, 3.63) is 35.9 Å². The van der Waals surface area contributed by atoms with Gasteiger partial charge < -0.3 is 15.2 Å². The van der Waals surface area contributed by atoms with Crippen LogP contribution in [0, 0.1) is 0 Å². The summed E-state index contributed by atoms with van der Waals surface area (Å²) in [5.74, 6) is 0.586. The standard InChI is InChI=1S/C14H18N4O3/c1-3-6-18-13(16-9-17-18)8-21-12-7-10(15)4-5-11(12)14(19)20-2/h4-5,7,9H,3,6,8,15H2,1-2H3. The molecule has 0 aliphatic carbocycles. The third-order valence-corrected chi connectivity index (χ3v) is 2.90. The number of carbonyl (C=O) groups excluding carboxylic acids is 1. The lowest BCUT2D eigenvalue weighted by Crippen LogP contribution is -2.11. The second-order valence-electron chi connectivity index (χ2n) is 4.44. The molecule has 0 aliphatic rings. The van der Waals surface area contributed by atoms with Gasteiger partial charge in [0.25, 0.3) is 0 Å². The zero-order chi connectivity index (χ0) is 15.2. The molecule has 1 aromatic carbocycles. The summed E-state index contributed by atoms with van der Waals surface area (Å²) < 4.78 is 12.2. The summed E-state index contributed by atoms with van der Waals surface area (Å²) in [5, 5.41) is 4.12. The summed E-state index contributed by atoms with van der Waals surface area (Å²) in [4.78, 5) is 15.8. The molecule has 0 amide bonds. The third-order valence-electron chi connectivity index (χ3n) is 2.90. The molecule has 0 radical (unpaired) electrons. The summed E-state index contributed by atoms with van der Waals surface area (Å²) in [6.45, 7) is 3.02. The Morgan fingerprint density at radius 3 is 2.95 bits per heavy atom. The van der Waals surface area contributed by atoms with Crippen molar-refractivity contribution in [1.29, 1.82) is 0 Å². The molecule has 0 spiro atoms. The molecule has 2 N–H and O–H groups in total. The van der Waals surface area contributed by atoms with Crippen LogP contribution < -0.4 is 10.5 Å². The number of nitrogens with two attached hydrogens (primary N) is 1. The highest BCUT2D eigenvalue weighted by atomic mass is 16.5. The Hall–Kier alpha value is -2.57. The smallest absolute Gasteiger partial charge is 0.341 e. The van der Waals surface area contributed by atoms with Gasteiger partial charge in [0.2, 0.25) is 0 Å². The van der Waals surface area contributed by atoms with Gasteiger partial charge in [0, 0.05) is 18.3 Å². The van der Waals surface area contributed by atoms with E-state index in [1.165, 1.54) is 13.4 Å². The number of esters is 1. The van der Waals surface area contributed by atoms with Crippen molar-refractivity contribution in [1.82, 2.24) is 14.8 Å². The van der Waals surface area contributed by atoms with Gasteiger partial charge >= 0.3 is 5.97 Å². The van der Waals surface area contributed by atoms with Crippen molar-refractivity contribution >= 4 is 11.7 Å². The van der Waals surface area contributed by atoms with Crippen LogP contribution in [0.4, 0.5) is 5.69 Å². The number of nitrogen functional groups attached to an aromatic ring is 1. The lowest BCUT2D eigenvalue weighted by molar-refractivity contribution is 0.0595. The monoisotopic (exact) mass is 290 g/mol. The average Bonchev–Trinajstić information content (AvgIpc) is 2.92. The first kappa shape index (κ1) is 14.8. The van der Waals surface area contributed by atoms with Crippen LogP contribution in [-0.4, -0.2) is 27.8 Å². The lowest BCUT2D eigenvalue weighted by Gasteiger charge is -2.11. The highest BCUT2D eigenvalue weighted by molar-refractivity contribution is 5.93.